The van der Waals surface area contributed by atoms with Crippen LogP contribution in [0, 0.1) is 6.92 Å². The number of thioether (sulfide) groups is 1. The number of anilines is 1. The van der Waals surface area contributed by atoms with Crippen molar-refractivity contribution in [2.75, 3.05) is 24.2 Å². The monoisotopic (exact) mass is 404 g/mol. The fraction of sp³-hybridized carbons (Fsp3) is 0.278. The molecular weight excluding hydrogens is 384 g/mol. The van der Waals surface area contributed by atoms with Gasteiger partial charge in [0, 0.05) is 0 Å². The number of aryl methyl sites for hydroxylation is 1. The van der Waals surface area contributed by atoms with Gasteiger partial charge in [0.15, 0.2) is 4.34 Å². The van der Waals surface area contributed by atoms with Crippen molar-refractivity contribution in [2.24, 2.45) is 0 Å². The molecule has 0 radical (unpaired) electrons. The normalized spacial score (nSPS) is 10.6. The maximum atomic E-state index is 11.9. The van der Waals surface area contributed by atoms with Crippen molar-refractivity contribution in [2.45, 2.75) is 17.8 Å². The van der Waals surface area contributed by atoms with Crippen LogP contribution in [0.4, 0.5) is 5.13 Å². The van der Waals surface area contributed by atoms with E-state index in [1.54, 1.807) is 6.26 Å². The Hall–Kier alpha value is -2.52. The summed E-state index contributed by atoms with van der Waals surface area (Å²) in [6.07, 6.45) is 1.63. The lowest BCUT2D eigenvalue weighted by Crippen LogP contribution is -2.29. The highest BCUT2D eigenvalue weighted by Crippen LogP contribution is 2.25. The van der Waals surface area contributed by atoms with Crippen LogP contribution in [0.25, 0.3) is 0 Å². The number of carbonyl (C=O) groups is 1. The maximum absolute atomic E-state index is 11.9. The van der Waals surface area contributed by atoms with Gasteiger partial charge in [0.25, 0.3) is 0 Å². The molecule has 0 saturated carbocycles. The zero-order valence-electron chi connectivity index (χ0n) is 14.8. The van der Waals surface area contributed by atoms with Crippen LogP contribution in [-0.4, -0.2) is 35.0 Å². The highest BCUT2D eigenvalue weighted by Gasteiger charge is 2.08. The SMILES string of the molecule is Cc1cccc(OCCNC(=O)CSc2nnc(NCc3ccco3)s2)c1. The summed E-state index contributed by atoms with van der Waals surface area (Å²) in [4.78, 5) is 11.9. The number of carbonyl (C=O) groups excluding carboxylic acids is 1. The van der Waals surface area contributed by atoms with Gasteiger partial charge in [0.05, 0.1) is 25.1 Å². The van der Waals surface area contributed by atoms with Crippen LogP contribution in [0.15, 0.2) is 51.4 Å². The van der Waals surface area contributed by atoms with E-state index in [1.165, 1.54) is 23.1 Å². The molecule has 0 saturated heterocycles. The minimum atomic E-state index is -0.0619. The predicted molar refractivity (Wildman–Crippen MR) is 106 cm³/mol. The van der Waals surface area contributed by atoms with E-state index in [0.717, 1.165) is 21.4 Å². The van der Waals surface area contributed by atoms with Gasteiger partial charge >= 0.3 is 0 Å². The number of amides is 1. The number of hydrogen-bond donors (Lipinski definition) is 2. The molecule has 3 rings (SSSR count). The number of ether oxygens (including phenoxy) is 1. The number of furan rings is 1. The third kappa shape index (κ3) is 6.61. The highest BCUT2D eigenvalue weighted by molar-refractivity contribution is 8.01. The third-order valence-corrected chi connectivity index (χ3v) is 5.42. The van der Waals surface area contributed by atoms with Crippen LogP contribution >= 0.6 is 23.1 Å². The lowest BCUT2D eigenvalue weighted by molar-refractivity contribution is -0.118. The zero-order chi connectivity index (χ0) is 18.9. The molecular formula is C18H20N4O3S2. The number of aromatic nitrogens is 2. The molecule has 0 atom stereocenters. The van der Waals surface area contributed by atoms with E-state index in [1.807, 2.05) is 43.3 Å². The summed E-state index contributed by atoms with van der Waals surface area (Å²) in [5.41, 5.74) is 1.14. The highest BCUT2D eigenvalue weighted by atomic mass is 32.2. The van der Waals surface area contributed by atoms with E-state index in [2.05, 4.69) is 20.8 Å². The van der Waals surface area contributed by atoms with Gasteiger partial charge in [0.1, 0.15) is 18.1 Å². The van der Waals surface area contributed by atoms with Gasteiger partial charge in [0.2, 0.25) is 11.0 Å². The number of hydrogen-bond acceptors (Lipinski definition) is 8. The van der Waals surface area contributed by atoms with Crippen molar-refractivity contribution in [3.63, 3.8) is 0 Å². The van der Waals surface area contributed by atoms with Crippen molar-refractivity contribution in [1.29, 1.82) is 0 Å². The second kappa shape index (κ2) is 9.98. The molecule has 9 heteroatoms. The van der Waals surface area contributed by atoms with Crippen LogP contribution in [0.2, 0.25) is 0 Å². The lowest BCUT2D eigenvalue weighted by atomic mass is 10.2. The molecule has 0 unspecified atom stereocenters. The molecule has 3 aromatic rings. The first-order valence-electron chi connectivity index (χ1n) is 8.38. The molecule has 2 heterocycles. The topological polar surface area (TPSA) is 89.3 Å². The van der Waals surface area contributed by atoms with E-state index < -0.39 is 0 Å². The molecule has 0 bridgehead atoms. The zero-order valence-corrected chi connectivity index (χ0v) is 16.4. The molecule has 0 spiro atoms. The summed E-state index contributed by atoms with van der Waals surface area (Å²) < 4.78 is 11.6. The molecule has 142 valence electrons. The van der Waals surface area contributed by atoms with E-state index in [-0.39, 0.29) is 11.7 Å². The van der Waals surface area contributed by atoms with Gasteiger partial charge < -0.3 is 19.8 Å². The van der Waals surface area contributed by atoms with Crippen molar-refractivity contribution in [1.82, 2.24) is 15.5 Å². The van der Waals surface area contributed by atoms with E-state index in [4.69, 9.17) is 9.15 Å². The largest absolute Gasteiger partial charge is 0.492 e. The molecule has 0 aliphatic rings. The molecule has 0 aliphatic carbocycles. The second-order valence-corrected chi connectivity index (χ2v) is 7.81. The summed E-state index contributed by atoms with van der Waals surface area (Å²) >= 11 is 2.76. The van der Waals surface area contributed by atoms with Gasteiger partial charge in [-0.3, -0.25) is 4.79 Å². The molecule has 7 nitrogen and oxygen atoms in total. The quantitative estimate of drug-likeness (QED) is 0.396. The first kappa shape index (κ1) is 19.2. The maximum Gasteiger partial charge on any atom is 0.230 e. The Morgan fingerprint density at radius 1 is 1.30 bits per heavy atom. The van der Waals surface area contributed by atoms with Gasteiger partial charge in [-0.15, -0.1) is 10.2 Å². The Bertz CT molecular complexity index is 852. The summed E-state index contributed by atoms with van der Waals surface area (Å²) in [6, 6.07) is 11.5. The fourth-order valence-electron chi connectivity index (χ4n) is 2.16. The van der Waals surface area contributed by atoms with Gasteiger partial charge in [-0.05, 0) is 36.8 Å². The first-order chi connectivity index (χ1) is 13.2. The Kier molecular flexibility index (Phi) is 7.11. The summed E-state index contributed by atoms with van der Waals surface area (Å²) in [5, 5.41) is 14.8. The molecule has 2 N–H and O–H groups in total. The molecule has 2 aromatic heterocycles. The van der Waals surface area contributed by atoms with Gasteiger partial charge in [-0.25, -0.2) is 0 Å². The molecule has 1 amide bonds. The van der Waals surface area contributed by atoms with Crippen LogP contribution in [0.1, 0.15) is 11.3 Å². The average molecular weight is 405 g/mol. The molecule has 0 fully saturated rings. The van der Waals surface area contributed by atoms with Crippen molar-refractivity contribution in [3.05, 3.63) is 54.0 Å². The Morgan fingerprint density at radius 3 is 3.04 bits per heavy atom. The van der Waals surface area contributed by atoms with E-state index in [0.29, 0.717) is 24.8 Å². The second-order valence-electron chi connectivity index (χ2n) is 5.61. The van der Waals surface area contributed by atoms with E-state index >= 15 is 0 Å². The fourth-order valence-corrected chi connectivity index (χ4v) is 3.74. The third-order valence-electron chi connectivity index (χ3n) is 3.41. The van der Waals surface area contributed by atoms with Crippen LogP contribution in [0.5, 0.6) is 5.75 Å². The van der Waals surface area contributed by atoms with Crippen LogP contribution in [0.3, 0.4) is 0 Å². The standard InChI is InChI=1S/C18H20N4O3S2/c1-13-4-2-5-14(10-13)25-9-7-19-16(23)12-26-18-22-21-17(27-18)20-11-15-6-3-8-24-15/h2-6,8,10H,7,9,11-12H2,1H3,(H,19,23)(H,20,21). The number of rotatable bonds is 10. The summed E-state index contributed by atoms with van der Waals surface area (Å²) in [7, 11) is 0. The minimum Gasteiger partial charge on any atom is -0.492 e. The molecule has 1 aromatic carbocycles. The van der Waals surface area contributed by atoms with E-state index in [9.17, 15) is 4.79 Å². The Morgan fingerprint density at radius 2 is 2.22 bits per heavy atom. The van der Waals surface area contributed by atoms with Crippen molar-refractivity contribution in [3.8, 4) is 5.75 Å². The van der Waals surface area contributed by atoms with Crippen molar-refractivity contribution >= 4 is 34.1 Å². The summed E-state index contributed by atoms with van der Waals surface area (Å²) in [5.74, 6) is 1.86. The van der Waals surface area contributed by atoms with Crippen molar-refractivity contribution < 1.29 is 13.9 Å². The average Bonchev–Trinajstić information content (AvgIpc) is 3.33. The number of nitrogens with one attached hydrogen (secondary N) is 2. The Labute approximate surface area is 165 Å². The van der Waals surface area contributed by atoms with Gasteiger partial charge in [-0.2, -0.15) is 0 Å². The number of benzene rings is 1. The van der Waals surface area contributed by atoms with Crippen LogP contribution in [-0.2, 0) is 11.3 Å². The smallest absolute Gasteiger partial charge is 0.230 e. The van der Waals surface area contributed by atoms with Crippen LogP contribution < -0.4 is 15.4 Å². The van der Waals surface area contributed by atoms with Gasteiger partial charge in [-0.1, -0.05) is 35.2 Å². The predicted octanol–water partition coefficient (Wildman–Crippen LogP) is 3.34. The Balaban J connectivity index is 1.31. The molecule has 27 heavy (non-hydrogen) atoms. The first-order valence-corrected chi connectivity index (χ1v) is 10.2. The lowest BCUT2D eigenvalue weighted by Gasteiger charge is -2.07. The number of nitrogens with zero attached hydrogens (tertiary/aromatic N) is 2. The summed E-state index contributed by atoms with van der Waals surface area (Å²) in [6.45, 7) is 3.45. The minimum absolute atomic E-state index is 0.0619. The molecule has 0 aliphatic heterocycles.